The number of anilines is 1. The number of carbonyl (C=O) groups excluding carboxylic acids is 1. The van der Waals surface area contributed by atoms with Gasteiger partial charge in [-0.15, -0.1) is 0 Å². The van der Waals surface area contributed by atoms with E-state index in [1.54, 1.807) is 0 Å². The Bertz CT molecular complexity index is 540. The molecular formula is C18H26N2O. The van der Waals surface area contributed by atoms with Crippen LogP contribution >= 0.6 is 0 Å². The number of fused-ring (bicyclic) bond motifs is 1. The van der Waals surface area contributed by atoms with Crippen LogP contribution in [0.2, 0.25) is 0 Å². The monoisotopic (exact) mass is 286 g/mol. The Morgan fingerprint density at radius 1 is 1.29 bits per heavy atom. The van der Waals surface area contributed by atoms with Crippen LogP contribution in [0.4, 0.5) is 5.69 Å². The maximum Gasteiger partial charge on any atom is 0.253 e. The molecule has 1 aromatic carbocycles. The number of nitrogens with zero attached hydrogens (tertiary/aromatic N) is 1. The molecule has 1 aliphatic heterocycles. The van der Waals surface area contributed by atoms with Crippen molar-refractivity contribution in [1.82, 2.24) is 4.90 Å². The second kappa shape index (κ2) is 5.36. The Kier molecular flexibility index (Phi) is 3.68. The Labute approximate surface area is 127 Å². The lowest BCUT2D eigenvalue weighted by Gasteiger charge is -2.38. The summed E-state index contributed by atoms with van der Waals surface area (Å²) in [5.41, 5.74) is 3.75. The average molecular weight is 286 g/mol. The van der Waals surface area contributed by atoms with Gasteiger partial charge in [-0.1, -0.05) is 13.8 Å². The zero-order chi connectivity index (χ0) is 15.0. The third kappa shape index (κ3) is 2.92. The molecule has 0 unspecified atom stereocenters. The molecule has 3 rings (SSSR count). The van der Waals surface area contributed by atoms with E-state index in [1.165, 1.54) is 24.1 Å². The minimum Gasteiger partial charge on any atom is -0.384 e. The van der Waals surface area contributed by atoms with Crippen molar-refractivity contribution in [3.8, 4) is 0 Å². The van der Waals surface area contributed by atoms with Gasteiger partial charge in [-0.25, -0.2) is 0 Å². The molecule has 0 bridgehead atoms. The summed E-state index contributed by atoms with van der Waals surface area (Å²) in [6.45, 7) is 5.65. The van der Waals surface area contributed by atoms with Crippen LogP contribution in [0.1, 0.15) is 55.5 Å². The molecule has 1 fully saturated rings. The zero-order valence-electron chi connectivity index (χ0n) is 13.4. The van der Waals surface area contributed by atoms with Crippen LogP contribution in [-0.4, -0.2) is 30.4 Å². The number of hydrogen-bond acceptors (Lipinski definition) is 2. The van der Waals surface area contributed by atoms with E-state index in [9.17, 15) is 4.79 Å². The summed E-state index contributed by atoms with van der Waals surface area (Å²) >= 11 is 0. The average Bonchev–Trinajstić information content (AvgIpc) is 2.93. The molecule has 1 heterocycles. The highest BCUT2D eigenvalue weighted by molar-refractivity contribution is 5.95. The Balaban J connectivity index is 1.70. The van der Waals surface area contributed by atoms with Crippen LogP contribution < -0.4 is 5.32 Å². The van der Waals surface area contributed by atoms with Gasteiger partial charge in [-0.05, 0) is 61.3 Å². The predicted octanol–water partition coefficient (Wildman–Crippen LogP) is 3.70. The molecule has 1 amide bonds. The van der Waals surface area contributed by atoms with Crippen molar-refractivity contribution in [2.75, 3.05) is 18.9 Å². The van der Waals surface area contributed by atoms with Crippen LogP contribution in [0, 0.1) is 5.41 Å². The summed E-state index contributed by atoms with van der Waals surface area (Å²) in [7, 11) is 1.97. The third-order valence-corrected chi connectivity index (χ3v) is 5.24. The van der Waals surface area contributed by atoms with Gasteiger partial charge in [-0.3, -0.25) is 4.79 Å². The van der Waals surface area contributed by atoms with Crippen molar-refractivity contribution in [2.45, 2.75) is 52.0 Å². The standard InChI is InChI=1S/C18H26N2O/c1-18(2)9-6-15(7-10-18)20(3)17(21)14-4-5-16-13(12-14)8-11-19-16/h4-5,12,15,19H,6-11H2,1-3H3. The molecule has 21 heavy (non-hydrogen) atoms. The molecule has 0 saturated heterocycles. The van der Waals surface area contributed by atoms with E-state index in [-0.39, 0.29) is 5.91 Å². The first kappa shape index (κ1) is 14.4. The van der Waals surface area contributed by atoms with Gasteiger partial charge in [0.05, 0.1) is 0 Å². The number of nitrogens with one attached hydrogen (secondary N) is 1. The predicted molar refractivity (Wildman–Crippen MR) is 86.8 cm³/mol. The molecule has 2 aliphatic rings. The molecule has 1 saturated carbocycles. The molecule has 3 nitrogen and oxygen atoms in total. The highest BCUT2D eigenvalue weighted by atomic mass is 16.2. The number of benzene rings is 1. The van der Waals surface area contributed by atoms with Crippen LogP contribution in [-0.2, 0) is 6.42 Å². The van der Waals surface area contributed by atoms with E-state index >= 15 is 0 Å². The quantitative estimate of drug-likeness (QED) is 0.899. The fourth-order valence-corrected chi connectivity index (χ4v) is 3.58. The van der Waals surface area contributed by atoms with Gasteiger partial charge >= 0.3 is 0 Å². The molecule has 0 aromatic heterocycles. The van der Waals surface area contributed by atoms with Gasteiger partial charge in [-0.2, -0.15) is 0 Å². The van der Waals surface area contributed by atoms with Crippen molar-refractivity contribution in [3.63, 3.8) is 0 Å². The smallest absolute Gasteiger partial charge is 0.253 e. The molecule has 1 aliphatic carbocycles. The molecule has 1 N–H and O–H groups in total. The van der Waals surface area contributed by atoms with Gasteiger partial charge in [0.2, 0.25) is 0 Å². The van der Waals surface area contributed by atoms with Crippen LogP contribution in [0.3, 0.4) is 0 Å². The van der Waals surface area contributed by atoms with E-state index < -0.39 is 0 Å². The molecule has 114 valence electrons. The first-order chi connectivity index (χ1) is 9.96. The lowest BCUT2D eigenvalue weighted by Crippen LogP contribution is -2.40. The Hall–Kier alpha value is -1.51. The summed E-state index contributed by atoms with van der Waals surface area (Å²) in [5.74, 6) is 0.175. The molecular weight excluding hydrogens is 260 g/mol. The molecule has 0 radical (unpaired) electrons. The van der Waals surface area contributed by atoms with E-state index in [0.29, 0.717) is 11.5 Å². The highest BCUT2D eigenvalue weighted by Crippen LogP contribution is 2.37. The molecule has 1 aromatic rings. The minimum absolute atomic E-state index is 0.175. The molecule has 3 heteroatoms. The Morgan fingerprint density at radius 3 is 2.71 bits per heavy atom. The fourth-order valence-electron chi connectivity index (χ4n) is 3.58. The third-order valence-electron chi connectivity index (χ3n) is 5.24. The normalized spacial score (nSPS) is 20.7. The van der Waals surface area contributed by atoms with Crippen LogP contribution in [0.5, 0.6) is 0 Å². The first-order valence-corrected chi connectivity index (χ1v) is 8.10. The lowest BCUT2D eigenvalue weighted by molar-refractivity contribution is 0.0635. The largest absolute Gasteiger partial charge is 0.384 e. The highest BCUT2D eigenvalue weighted by Gasteiger charge is 2.31. The van der Waals surface area contributed by atoms with Gasteiger partial charge < -0.3 is 10.2 Å². The van der Waals surface area contributed by atoms with Crippen LogP contribution in [0.25, 0.3) is 0 Å². The van der Waals surface area contributed by atoms with Gasteiger partial charge in [0, 0.05) is 30.9 Å². The number of carbonyl (C=O) groups is 1. The second-order valence-corrected chi connectivity index (χ2v) is 7.36. The molecule has 0 atom stereocenters. The zero-order valence-corrected chi connectivity index (χ0v) is 13.4. The van der Waals surface area contributed by atoms with Crippen molar-refractivity contribution < 1.29 is 4.79 Å². The summed E-state index contributed by atoms with van der Waals surface area (Å²) in [6, 6.07) is 6.48. The number of rotatable bonds is 2. The van der Waals surface area contributed by atoms with E-state index in [0.717, 1.165) is 31.4 Å². The summed E-state index contributed by atoms with van der Waals surface area (Å²) in [5, 5.41) is 3.34. The molecule has 0 spiro atoms. The number of amides is 1. The SMILES string of the molecule is CN(C(=O)c1ccc2c(c1)CCN2)C1CCC(C)(C)CC1. The summed E-state index contributed by atoms with van der Waals surface area (Å²) in [4.78, 5) is 14.7. The Morgan fingerprint density at radius 2 is 2.00 bits per heavy atom. The lowest BCUT2D eigenvalue weighted by atomic mass is 9.75. The van der Waals surface area contributed by atoms with E-state index in [2.05, 4.69) is 25.2 Å². The van der Waals surface area contributed by atoms with Gasteiger partial charge in [0.15, 0.2) is 0 Å². The van der Waals surface area contributed by atoms with Gasteiger partial charge in [0.25, 0.3) is 5.91 Å². The second-order valence-electron chi connectivity index (χ2n) is 7.36. The summed E-state index contributed by atoms with van der Waals surface area (Å²) in [6.07, 6.45) is 5.70. The van der Waals surface area contributed by atoms with Crippen molar-refractivity contribution in [2.24, 2.45) is 5.41 Å². The topological polar surface area (TPSA) is 32.3 Å². The maximum atomic E-state index is 12.7. The first-order valence-electron chi connectivity index (χ1n) is 8.10. The van der Waals surface area contributed by atoms with Crippen molar-refractivity contribution in [1.29, 1.82) is 0 Å². The minimum atomic E-state index is 0.175. The number of hydrogen-bond donors (Lipinski definition) is 1. The van der Waals surface area contributed by atoms with E-state index in [4.69, 9.17) is 0 Å². The van der Waals surface area contributed by atoms with E-state index in [1.807, 2.05) is 24.1 Å². The van der Waals surface area contributed by atoms with Crippen molar-refractivity contribution in [3.05, 3.63) is 29.3 Å². The fraction of sp³-hybridized carbons (Fsp3) is 0.611. The van der Waals surface area contributed by atoms with Gasteiger partial charge in [0.1, 0.15) is 0 Å². The summed E-state index contributed by atoms with van der Waals surface area (Å²) < 4.78 is 0. The maximum absolute atomic E-state index is 12.7. The van der Waals surface area contributed by atoms with Crippen molar-refractivity contribution >= 4 is 11.6 Å². The van der Waals surface area contributed by atoms with Crippen LogP contribution in [0.15, 0.2) is 18.2 Å².